The van der Waals surface area contributed by atoms with Gasteiger partial charge in [-0.2, -0.15) is 5.10 Å². The van der Waals surface area contributed by atoms with Crippen LogP contribution in [0.1, 0.15) is 40.9 Å². The summed E-state index contributed by atoms with van der Waals surface area (Å²) in [5.41, 5.74) is 2.39. The quantitative estimate of drug-likeness (QED) is 0.301. The molecule has 5 N–H and O–H groups in total. The Balaban J connectivity index is 1.19. The lowest BCUT2D eigenvalue weighted by Gasteiger charge is -2.40. The molecule has 0 spiro atoms. The van der Waals surface area contributed by atoms with Crippen molar-refractivity contribution in [1.82, 2.24) is 20.0 Å². The number of hydrogen-bond acceptors (Lipinski definition) is 8. The van der Waals surface area contributed by atoms with Gasteiger partial charge in [-0.1, -0.05) is 29.8 Å². The molecule has 0 radical (unpaired) electrons. The minimum Gasteiger partial charge on any atom is -0.371 e. The summed E-state index contributed by atoms with van der Waals surface area (Å²) in [6, 6.07) is 11.4. The van der Waals surface area contributed by atoms with Crippen LogP contribution in [0.15, 0.2) is 58.5 Å². The highest BCUT2D eigenvalue weighted by atomic mass is 19.1. The first-order valence-corrected chi connectivity index (χ1v) is 13.0. The van der Waals surface area contributed by atoms with E-state index in [-0.39, 0.29) is 30.6 Å². The van der Waals surface area contributed by atoms with Crippen molar-refractivity contribution in [3.05, 3.63) is 86.7 Å². The Kier molecular flexibility index (Phi) is 6.07. The Hall–Kier alpha value is -3.64. The van der Waals surface area contributed by atoms with Crippen LogP contribution in [0.2, 0.25) is 0 Å². The largest absolute Gasteiger partial charge is 0.371 e. The van der Waals surface area contributed by atoms with Crippen LogP contribution < -0.4 is 5.56 Å². The van der Waals surface area contributed by atoms with Crippen LogP contribution in [0, 0.1) is 11.7 Å². The Morgan fingerprint density at radius 3 is 2.23 bits per heavy atom. The van der Waals surface area contributed by atoms with E-state index in [9.17, 15) is 34.4 Å². The fourth-order valence-electron chi connectivity index (χ4n) is 5.68. The van der Waals surface area contributed by atoms with Gasteiger partial charge >= 0.3 is 0 Å². The molecule has 2 aromatic carbocycles. The van der Waals surface area contributed by atoms with E-state index in [1.54, 1.807) is 29.2 Å². The lowest BCUT2D eigenvalue weighted by Crippen LogP contribution is -2.49. The van der Waals surface area contributed by atoms with Gasteiger partial charge in [-0.05, 0) is 43.0 Å². The summed E-state index contributed by atoms with van der Waals surface area (Å²) in [6.45, 7) is 1.18. The Bertz CT molecular complexity index is 1540. The molecule has 10 nitrogen and oxygen atoms in total. The predicted molar refractivity (Wildman–Crippen MR) is 138 cm³/mol. The Morgan fingerprint density at radius 1 is 0.974 bits per heavy atom. The number of amides is 1. The normalized spacial score (nSPS) is 20.2. The van der Waals surface area contributed by atoms with Gasteiger partial charge in [-0.25, -0.2) is 9.49 Å². The molecular weight excluding hydrogens is 507 g/mol. The summed E-state index contributed by atoms with van der Waals surface area (Å²) < 4.78 is 14.8. The second-order valence-electron chi connectivity index (χ2n) is 10.5. The average Bonchev–Trinajstić information content (AvgIpc) is 3.31. The number of H-pyrrole nitrogens is 1. The lowest BCUT2D eigenvalue weighted by molar-refractivity contribution is -0.207. The van der Waals surface area contributed by atoms with E-state index in [0.717, 1.165) is 24.8 Å². The Labute approximate surface area is 222 Å². The van der Waals surface area contributed by atoms with Gasteiger partial charge in [0.05, 0.1) is 16.6 Å². The molecule has 1 amide bonds. The number of nitrogens with zero attached hydrogens (tertiary/aromatic N) is 3. The monoisotopic (exact) mass is 536 g/mol. The summed E-state index contributed by atoms with van der Waals surface area (Å²) in [5.74, 6) is -7.57. The summed E-state index contributed by atoms with van der Waals surface area (Å²) in [7, 11) is 0. The van der Waals surface area contributed by atoms with Crippen molar-refractivity contribution < 1.29 is 29.6 Å². The lowest BCUT2D eigenvalue weighted by atomic mass is 9.88. The first-order chi connectivity index (χ1) is 18.6. The zero-order valence-corrected chi connectivity index (χ0v) is 21.1. The highest BCUT2D eigenvalue weighted by Gasteiger charge is 2.79. The molecule has 0 unspecified atom stereocenters. The van der Waals surface area contributed by atoms with Crippen molar-refractivity contribution in [3.63, 3.8) is 0 Å². The summed E-state index contributed by atoms with van der Waals surface area (Å²) in [6.07, 6.45) is 2.72. The molecule has 3 aliphatic rings. The first kappa shape index (κ1) is 25.6. The SMILES string of the molecule is O=C(c1cc(Cc2n[nH]c(=O)c3ccccc23)ccc1F)N1CCN(C(=C2CCC2)C2C(O)(O)C2(O)O)CC1. The molecule has 204 valence electrons. The highest BCUT2D eigenvalue weighted by Crippen LogP contribution is 2.57. The zero-order chi connectivity index (χ0) is 27.5. The number of piperazine rings is 1. The zero-order valence-electron chi connectivity index (χ0n) is 21.1. The molecule has 0 atom stereocenters. The van der Waals surface area contributed by atoms with Crippen LogP contribution in [-0.4, -0.2) is 84.1 Å². The molecule has 6 rings (SSSR count). The average molecular weight is 537 g/mol. The molecule has 0 bridgehead atoms. The van der Waals surface area contributed by atoms with Crippen LogP contribution in [0.3, 0.4) is 0 Å². The second kappa shape index (κ2) is 9.23. The standard InChI is InChI=1S/C28H29FN4O6/c29-21-9-8-16(15-22-18-6-1-2-7-19(18)25(34)31-30-22)14-20(21)26(35)33-12-10-32(11-13-33)23(17-4-3-5-17)24-27(36,37)28(24,38)39/h1-2,6-9,14,24,36-39H,3-5,10-13,15H2,(H,31,34). The maximum Gasteiger partial charge on any atom is 0.272 e. The highest BCUT2D eigenvalue weighted by molar-refractivity contribution is 5.95. The maximum absolute atomic E-state index is 14.8. The third kappa shape index (κ3) is 4.22. The minimum absolute atomic E-state index is 0.0658. The van der Waals surface area contributed by atoms with Gasteiger partial charge in [0.25, 0.3) is 11.5 Å². The summed E-state index contributed by atoms with van der Waals surface area (Å²) in [4.78, 5) is 28.9. The fraction of sp³-hybridized carbons (Fsp3) is 0.393. The van der Waals surface area contributed by atoms with Gasteiger partial charge in [-0.3, -0.25) is 9.59 Å². The van der Waals surface area contributed by atoms with Crippen LogP contribution in [-0.2, 0) is 6.42 Å². The van der Waals surface area contributed by atoms with Crippen LogP contribution in [0.4, 0.5) is 4.39 Å². The number of aliphatic hydroxyl groups is 4. The minimum atomic E-state index is -2.62. The van der Waals surface area contributed by atoms with Crippen molar-refractivity contribution in [3.8, 4) is 0 Å². The number of fused-ring (bicyclic) bond motifs is 1. The molecule has 39 heavy (non-hydrogen) atoms. The maximum atomic E-state index is 14.8. The van der Waals surface area contributed by atoms with Crippen molar-refractivity contribution >= 4 is 16.7 Å². The second-order valence-corrected chi connectivity index (χ2v) is 10.5. The van der Waals surface area contributed by atoms with E-state index >= 15 is 0 Å². The van der Waals surface area contributed by atoms with E-state index in [4.69, 9.17) is 0 Å². The molecular formula is C28H29FN4O6. The number of benzene rings is 2. The molecule has 1 aromatic heterocycles. The molecule has 11 heteroatoms. The number of carbonyl (C=O) groups excluding carboxylic acids is 1. The number of allylic oxidation sites excluding steroid dienone is 1. The molecule has 3 fully saturated rings. The molecule has 1 aliphatic heterocycles. The van der Waals surface area contributed by atoms with Crippen molar-refractivity contribution in [2.45, 2.75) is 37.3 Å². The third-order valence-corrected chi connectivity index (χ3v) is 8.17. The topological polar surface area (TPSA) is 150 Å². The van der Waals surface area contributed by atoms with Crippen LogP contribution in [0.5, 0.6) is 0 Å². The van der Waals surface area contributed by atoms with E-state index in [2.05, 4.69) is 10.2 Å². The smallest absolute Gasteiger partial charge is 0.272 e. The number of halogens is 1. The summed E-state index contributed by atoms with van der Waals surface area (Å²) >= 11 is 0. The molecule has 1 saturated heterocycles. The number of hydrogen-bond donors (Lipinski definition) is 5. The van der Waals surface area contributed by atoms with E-state index in [1.807, 2.05) is 11.0 Å². The number of carbonyl (C=O) groups is 1. The van der Waals surface area contributed by atoms with Crippen molar-refractivity contribution in [2.75, 3.05) is 26.2 Å². The Morgan fingerprint density at radius 2 is 1.62 bits per heavy atom. The van der Waals surface area contributed by atoms with Crippen molar-refractivity contribution in [2.24, 2.45) is 5.92 Å². The van der Waals surface area contributed by atoms with Crippen LogP contribution in [0.25, 0.3) is 10.8 Å². The molecule has 2 saturated carbocycles. The fourth-order valence-corrected chi connectivity index (χ4v) is 5.68. The van der Waals surface area contributed by atoms with Gasteiger partial charge in [0.1, 0.15) is 11.7 Å². The number of aromatic amines is 1. The molecule has 2 aliphatic carbocycles. The summed E-state index contributed by atoms with van der Waals surface area (Å²) in [5, 5.41) is 48.2. The van der Waals surface area contributed by atoms with Gasteiger partial charge < -0.3 is 30.2 Å². The first-order valence-electron chi connectivity index (χ1n) is 13.0. The van der Waals surface area contributed by atoms with E-state index in [1.165, 1.54) is 12.1 Å². The van der Waals surface area contributed by atoms with Crippen molar-refractivity contribution in [1.29, 1.82) is 0 Å². The predicted octanol–water partition coefficient (Wildman–Crippen LogP) is 0.840. The van der Waals surface area contributed by atoms with Gasteiger partial charge in [0.2, 0.25) is 11.6 Å². The molecule has 3 aromatic rings. The van der Waals surface area contributed by atoms with Crippen LogP contribution >= 0.6 is 0 Å². The van der Waals surface area contributed by atoms with E-state index < -0.39 is 29.2 Å². The number of rotatable bonds is 5. The van der Waals surface area contributed by atoms with Gasteiger partial charge in [-0.15, -0.1) is 0 Å². The molecule has 2 heterocycles. The van der Waals surface area contributed by atoms with Gasteiger partial charge in [0.15, 0.2) is 0 Å². The number of aromatic nitrogens is 2. The number of nitrogens with one attached hydrogen (secondary N) is 1. The third-order valence-electron chi connectivity index (χ3n) is 8.17. The van der Waals surface area contributed by atoms with E-state index in [0.29, 0.717) is 40.8 Å². The van der Waals surface area contributed by atoms with Gasteiger partial charge in [0, 0.05) is 43.7 Å².